The van der Waals surface area contributed by atoms with E-state index in [1.165, 1.54) is 46.6 Å². The second-order valence-corrected chi connectivity index (χ2v) is 5.22. The average molecular weight is 237 g/mol. The Morgan fingerprint density at radius 2 is 0.933 bits per heavy atom. The fourth-order valence-electron chi connectivity index (χ4n) is 1.46. The van der Waals surface area contributed by atoms with Gasteiger partial charge in [-0.05, 0) is 38.0 Å². The van der Waals surface area contributed by atoms with E-state index in [2.05, 4.69) is 0 Å². The molecule has 0 aromatic rings. The zero-order valence-electron chi connectivity index (χ0n) is 9.69. The van der Waals surface area contributed by atoms with Crippen molar-refractivity contribution < 1.29 is 8.78 Å². The van der Waals surface area contributed by atoms with E-state index in [-0.39, 0.29) is 13.3 Å². The van der Waals surface area contributed by atoms with Crippen LogP contribution in [0.4, 0.5) is 8.78 Å². The van der Waals surface area contributed by atoms with Crippen molar-refractivity contribution in [3.8, 4) is 0 Å². The normalized spacial score (nSPS) is 10.8. The maximum atomic E-state index is 11.7. The van der Waals surface area contributed by atoms with Crippen LogP contribution in [0.1, 0.15) is 51.4 Å². The van der Waals surface area contributed by atoms with Gasteiger partial charge < -0.3 is 0 Å². The molecule has 15 heavy (non-hydrogen) atoms. The second-order valence-electron chi connectivity index (χ2n) is 3.88. The highest BCUT2D eigenvalue weighted by molar-refractivity contribution is 7.37. The van der Waals surface area contributed by atoms with Crippen molar-refractivity contribution in [1.82, 2.24) is 0 Å². The summed E-state index contributed by atoms with van der Waals surface area (Å²) >= 11 is 0. The molecule has 0 nitrogen and oxygen atoms in total. The van der Waals surface area contributed by atoms with Gasteiger partial charge in [0, 0.05) is 0 Å². The lowest BCUT2D eigenvalue weighted by Gasteiger charge is -2.01. The van der Waals surface area contributed by atoms with Crippen molar-refractivity contribution >= 4 is 8.58 Å². The van der Waals surface area contributed by atoms with Crippen molar-refractivity contribution in [2.75, 3.05) is 25.7 Å². The predicted molar refractivity (Wildman–Crippen MR) is 65.5 cm³/mol. The summed E-state index contributed by atoms with van der Waals surface area (Å²) in [6, 6.07) is 0. The summed E-state index contributed by atoms with van der Waals surface area (Å²) in [6.45, 7) is -0.321. The molecule has 0 spiro atoms. The van der Waals surface area contributed by atoms with Crippen LogP contribution in [0.5, 0.6) is 0 Å². The van der Waals surface area contributed by atoms with Crippen LogP contribution in [0.15, 0.2) is 0 Å². The van der Waals surface area contributed by atoms with Crippen LogP contribution < -0.4 is 0 Å². The summed E-state index contributed by atoms with van der Waals surface area (Å²) in [5.74, 6) is 0. The largest absolute Gasteiger partial charge is 0.251 e. The maximum absolute atomic E-state index is 11.7. The van der Waals surface area contributed by atoms with Crippen LogP contribution in [0.25, 0.3) is 0 Å². The molecule has 0 aliphatic heterocycles. The Balaban J connectivity index is 2.81. The number of unbranched alkanes of at least 4 members (excludes halogenated alkanes) is 6. The second kappa shape index (κ2) is 14.3. The quantitative estimate of drug-likeness (QED) is 0.331. The van der Waals surface area contributed by atoms with E-state index in [0.717, 1.165) is 25.7 Å². The van der Waals surface area contributed by atoms with Crippen LogP contribution in [0.2, 0.25) is 0 Å². The first-order chi connectivity index (χ1) is 7.41. The zero-order chi connectivity index (χ0) is 11.2. The predicted octanol–water partition coefficient (Wildman–Crippen LogP) is 4.99. The smallest absolute Gasteiger partial charge is 0.0894 e. The van der Waals surface area contributed by atoms with E-state index in [4.69, 9.17) is 0 Å². The van der Waals surface area contributed by atoms with Gasteiger partial charge in [0.05, 0.1) is 13.3 Å². The highest BCUT2D eigenvalue weighted by Gasteiger charge is 1.93. The minimum Gasteiger partial charge on any atom is -0.251 e. The summed E-state index contributed by atoms with van der Waals surface area (Å²) in [4.78, 5) is 0. The van der Waals surface area contributed by atoms with Crippen molar-refractivity contribution in [2.24, 2.45) is 0 Å². The van der Waals surface area contributed by atoms with Gasteiger partial charge in [-0.1, -0.05) is 34.3 Å². The van der Waals surface area contributed by atoms with Gasteiger partial charge in [-0.3, -0.25) is 8.78 Å². The van der Waals surface area contributed by atoms with Crippen LogP contribution >= 0.6 is 8.58 Å². The molecule has 0 atom stereocenters. The Bertz CT molecular complexity index is 97.8. The third kappa shape index (κ3) is 14.3. The molecule has 0 aliphatic carbocycles. The van der Waals surface area contributed by atoms with E-state index < -0.39 is 0 Å². The lowest BCUT2D eigenvalue weighted by Crippen LogP contribution is -1.85. The van der Waals surface area contributed by atoms with Gasteiger partial charge in [0.15, 0.2) is 0 Å². The monoisotopic (exact) mass is 237 g/mol. The molecule has 0 aliphatic rings. The first-order valence-electron chi connectivity index (χ1n) is 6.17. The summed E-state index contributed by atoms with van der Waals surface area (Å²) in [7, 11) is 1.53. The Hall–Kier alpha value is 0.290. The Morgan fingerprint density at radius 1 is 0.533 bits per heavy atom. The fourth-order valence-corrected chi connectivity index (χ4v) is 2.57. The molecule has 0 aromatic heterocycles. The number of hydrogen-bond acceptors (Lipinski definition) is 0. The molecule has 0 rings (SSSR count). The molecule has 0 saturated heterocycles. The third-order valence-corrected chi connectivity index (χ3v) is 3.66. The summed E-state index contributed by atoms with van der Waals surface area (Å²) in [5.41, 5.74) is 0. The maximum Gasteiger partial charge on any atom is 0.0894 e. The molecule has 3 heteroatoms. The van der Waals surface area contributed by atoms with Gasteiger partial charge in [0.25, 0.3) is 0 Å². The van der Waals surface area contributed by atoms with Gasteiger partial charge >= 0.3 is 0 Å². The number of halogens is 2. The fraction of sp³-hybridized carbons (Fsp3) is 1.00. The molecule has 0 bridgehead atoms. The number of rotatable bonds is 12. The van der Waals surface area contributed by atoms with Crippen LogP contribution in [-0.4, -0.2) is 25.7 Å². The molecule has 0 unspecified atom stereocenters. The van der Waals surface area contributed by atoms with Crippen molar-refractivity contribution in [1.29, 1.82) is 0 Å². The Labute approximate surface area is 95.0 Å². The van der Waals surface area contributed by atoms with E-state index in [0.29, 0.717) is 0 Å². The third-order valence-electron chi connectivity index (χ3n) is 2.40. The van der Waals surface area contributed by atoms with Crippen molar-refractivity contribution in [2.45, 2.75) is 51.4 Å². The summed E-state index contributed by atoms with van der Waals surface area (Å²) in [5, 5.41) is 0. The van der Waals surface area contributed by atoms with Gasteiger partial charge in [0.2, 0.25) is 0 Å². The Morgan fingerprint density at radius 3 is 1.33 bits per heavy atom. The zero-order valence-corrected chi connectivity index (χ0v) is 10.6. The Kier molecular flexibility index (Phi) is 14.6. The van der Waals surface area contributed by atoms with E-state index in [9.17, 15) is 8.78 Å². The standard InChI is InChI=1S/C12H24F2P/c13-9-5-1-3-7-11-15-12-8-4-2-6-10-14/h1-12H2. The average Bonchev–Trinajstić information content (AvgIpc) is 2.26. The highest BCUT2D eigenvalue weighted by Crippen LogP contribution is 2.17. The molecule has 0 N–H and O–H groups in total. The number of alkyl halides is 2. The number of hydrogen-bond donors (Lipinski definition) is 0. The van der Waals surface area contributed by atoms with E-state index in [1.807, 2.05) is 0 Å². The molecule has 0 heterocycles. The summed E-state index contributed by atoms with van der Waals surface area (Å²) < 4.78 is 23.5. The highest BCUT2D eigenvalue weighted by atomic mass is 31.1. The molecule has 0 saturated carbocycles. The topological polar surface area (TPSA) is 0 Å². The molecule has 1 radical (unpaired) electrons. The molecule has 0 aromatic carbocycles. The molecule has 0 amide bonds. The first kappa shape index (κ1) is 15.3. The van der Waals surface area contributed by atoms with E-state index >= 15 is 0 Å². The first-order valence-corrected chi connectivity index (χ1v) is 7.43. The van der Waals surface area contributed by atoms with Gasteiger partial charge in [-0.25, -0.2) is 0 Å². The van der Waals surface area contributed by atoms with Gasteiger partial charge in [-0.15, -0.1) is 0 Å². The van der Waals surface area contributed by atoms with Crippen LogP contribution in [-0.2, 0) is 0 Å². The minimum atomic E-state index is -0.160. The lowest BCUT2D eigenvalue weighted by molar-refractivity contribution is 0.455. The lowest BCUT2D eigenvalue weighted by atomic mass is 10.2. The van der Waals surface area contributed by atoms with Crippen LogP contribution in [0.3, 0.4) is 0 Å². The van der Waals surface area contributed by atoms with Gasteiger partial charge in [0.1, 0.15) is 0 Å². The van der Waals surface area contributed by atoms with Gasteiger partial charge in [-0.2, -0.15) is 0 Å². The SMILES string of the molecule is FCCCCCC[P]CCCCCCF. The van der Waals surface area contributed by atoms with Crippen molar-refractivity contribution in [3.63, 3.8) is 0 Å². The van der Waals surface area contributed by atoms with Crippen molar-refractivity contribution in [3.05, 3.63) is 0 Å². The summed E-state index contributed by atoms with van der Waals surface area (Å²) in [6.07, 6.45) is 10.9. The molecule has 0 fully saturated rings. The molecule has 91 valence electrons. The van der Waals surface area contributed by atoms with E-state index in [1.54, 1.807) is 0 Å². The van der Waals surface area contributed by atoms with Crippen LogP contribution in [0, 0.1) is 0 Å². The molecular formula is C12H24F2P. The molecular weight excluding hydrogens is 213 g/mol. The minimum absolute atomic E-state index is 0.160.